The lowest BCUT2D eigenvalue weighted by Gasteiger charge is -2.17. The van der Waals surface area contributed by atoms with E-state index in [1.54, 1.807) is 11.3 Å². The number of hydrogen-bond acceptors (Lipinski definition) is 2. The van der Waals surface area contributed by atoms with Crippen LogP contribution in [0, 0.1) is 5.92 Å². The second-order valence-corrected chi connectivity index (χ2v) is 5.23. The van der Waals surface area contributed by atoms with Gasteiger partial charge in [0.2, 0.25) is 0 Å². The van der Waals surface area contributed by atoms with Crippen LogP contribution in [0.3, 0.4) is 0 Å². The van der Waals surface area contributed by atoms with E-state index in [0.717, 1.165) is 17.3 Å². The zero-order valence-corrected chi connectivity index (χ0v) is 9.66. The van der Waals surface area contributed by atoms with Crippen molar-refractivity contribution in [2.45, 2.75) is 26.2 Å². The van der Waals surface area contributed by atoms with Crippen molar-refractivity contribution in [2.24, 2.45) is 11.7 Å². The fraction of sp³-hybridized carbons (Fsp3) is 0.600. The Morgan fingerprint density at radius 2 is 2.15 bits per heavy atom. The van der Waals surface area contributed by atoms with Gasteiger partial charge in [0.05, 0.1) is 4.34 Å². The van der Waals surface area contributed by atoms with Crippen molar-refractivity contribution < 1.29 is 0 Å². The van der Waals surface area contributed by atoms with Crippen LogP contribution in [0.5, 0.6) is 0 Å². The molecule has 2 unspecified atom stereocenters. The fourth-order valence-electron chi connectivity index (χ4n) is 1.37. The summed E-state index contributed by atoms with van der Waals surface area (Å²) < 4.78 is 0.877. The second-order valence-electron chi connectivity index (χ2n) is 3.49. The summed E-state index contributed by atoms with van der Waals surface area (Å²) in [6.45, 7) is 5.25. The van der Waals surface area contributed by atoms with Gasteiger partial charge in [-0.05, 0) is 36.9 Å². The van der Waals surface area contributed by atoms with Crippen LogP contribution in [0.25, 0.3) is 0 Å². The van der Waals surface area contributed by atoms with E-state index in [0.29, 0.717) is 11.8 Å². The van der Waals surface area contributed by atoms with Crippen molar-refractivity contribution in [1.82, 2.24) is 0 Å². The molecule has 1 heterocycles. The molecule has 1 rings (SSSR count). The van der Waals surface area contributed by atoms with E-state index >= 15 is 0 Å². The molecule has 0 saturated carbocycles. The van der Waals surface area contributed by atoms with Crippen LogP contribution in [-0.2, 0) is 0 Å². The van der Waals surface area contributed by atoms with E-state index in [1.165, 1.54) is 4.88 Å². The van der Waals surface area contributed by atoms with E-state index in [2.05, 4.69) is 19.9 Å². The van der Waals surface area contributed by atoms with Crippen molar-refractivity contribution >= 4 is 22.9 Å². The minimum absolute atomic E-state index is 0.570. The summed E-state index contributed by atoms with van der Waals surface area (Å²) in [5, 5.41) is 0. The van der Waals surface area contributed by atoms with Crippen molar-refractivity contribution in [3.05, 3.63) is 21.3 Å². The summed E-state index contributed by atoms with van der Waals surface area (Å²) in [6.07, 6.45) is 1.08. The predicted octanol–water partition coefficient (Wildman–Crippen LogP) is 3.49. The van der Waals surface area contributed by atoms with Crippen LogP contribution in [-0.4, -0.2) is 6.54 Å². The van der Waals surface area contributed by atoms with Crippen LogP contribution < -0.4 is 5.73 Å². The lowest BCUT2D eigenvalue weighted by atomic mass is 9.92. The molecule has 0 spiro atoms. The summed E-state index contributed by atoms with van der Waals surface area (Å²) in [4.78, 5) is 1.37. The summed E-state index contributed by atoms with van der Waals surface area (Å²) in [7, 11) is 0. The average molecular weight is 218 g/mol. The lowest BCUT2D eigenvalue weighted by molar-refractivity contribution is 0.464. The monoisotopic (exact) mass is 217 g/mol. The van der Waals surface area contributed by atoms with Gasteiger partial charge in [-0.1, -0.05) is 25.4 Å². The molecule has 0 saturated heterocycles. The van der Waals surface area contributed by atoms with Crippen LogP contribution >= 0.6 is 22.9 Å². The predicted molar refractivity (Wildman–Crippen MR) is 60.6 cm³/mol. The number of rotatable bonds is 4. The van der Waals surface area contributed by atoms with Gasteiger partial charge in [0.1, 0.15) is 0 Å². The van der Waals surface area contributed by atoms with Gasteiger partial charge in [0, 0.05) is 4.88 Å². The first-order valence-corrected chi connectivity index (χ1v) is 5.80. The molecule has 2 atom stereocenters. The molecule has 0 radical (unpaired) electrons. The van der Waals surface area contributed by atoms with E-state index in [4.69, 9.17) is 17.3 Å². The molecule has 0 bridgehead atoms. The van der Waals surface area contributed by atoms with Gasteiger partial charge in [-0.15, -0.1) is 11.3 Å². The molecule has 0 aliphatic heterocycles. The van der Waals surface area contributed by atoms with Gasteiger partial charge in [0.25, 0.3) is 0 Å². The highest BCUT2D eigenvalue weighted by Crippen LogP contribution is 2.33. The molecule has 1 aromatic rings. The van der Waals surface area contributed by atoms with Gasteiger partial charge in [-0.25, -0.2) is 0 Å². The van der Waals surface area contributed by atoms with Crippen LogP contribution in [0.2, 0.25) is 4.34 Å². The smallest absolute Gasteiger partial charge is 0.0931 e. The molecule has 0 amide bonds. The average Bonchev–Trinajstić information content (AvgIpc) is 2.51. The van der Waals surface area contributed by atoms with Crippen LogP contribution in [0.4, 0.5) is 0 Å². The van der Waals surface area contributed by atoms with Crippen molar-refractivity contribution in [3.63, 3.8) is 0 Å². The van der Waals surface area contributed by atoms with E-state index < -0.39 is 0 Å². The first-order valence-electron chi connectivity index (χ1n) is 4.60. The molecule has 74 valence electrons. The first-order chi connectivity index (χ1) is 6.15. The summed E-state index contributed by atoms with van der Waals surface area (Å²) >= 11 is 7.55. The topological polar surface area (TPSA) is 26.0 Å². The van der Waals surface area contributed by atoms with Gasteiger partial charge < -0.3 is 5.73 Å². The van der Waals surface area contributed by atoms with Gasteiger partial charge in [-0.2, -0.15) is 0 Å². The molecule has 1 nitrogen and oxygen atoms in total. The van der Waals surface area contributed by atoms with Crippen molar-refractivity contribution in [3.8, 4) is 0 Å². The van der Waals surface area contributed by atoms with E-state index in [-0.39, 0.29) is 0 Å². The number of nitrogens with two attached hydrogens (primary N) is 1. The highest BCUT2D eigenvalue weighted by molar-refractivity contribution is 7.16. The van der Waals surface area contributed by atoms with Crippen LogP contribution in [0.1, 0.15) is 31.1 Å². The zero-order chi connectivity index (χ0) is 9.84. The third-order valence-electron chi connectivity index (χ3n) is 2.52. The second kappa shape index (κ2) is 4.99. The molecule has 0 aliphatic rings. The van der Waals surface area contributed by atoms with Crippen molar-refractivity contribution in [2.75, 3.05) is 6.54 Å². The molecule has 1 aromatic heterocycles. The Morgan fingerprint density at radius 3 is 2.62 bits per heavy atom. The quantitative estimate of drug-likeness (QED) is 0.821. The number of halogens is 1. The molecule has 0 fully saturated rings. The standard InChI is InChI=1S/C10H16ClNS/c1-7(5-6-12)8(2)9-3-4-10(11)13-9/h3-4,7-8H,5-6,12H2,1-2H3. The Balaban J connectivity index is 2.61. The molecule has 2 N–H and O–H groups in total. The Hall–Kier alpha value is -0.0500. The maximum absolute atomic E-state index is 5.88. The van der Waals surface area contributed by atoms with Gasteiger partial charge >= 0.3 is 0 Å². The molecule has 3 heteroatoms. The maximum Gasteiger partial charge on any atom is 0.0931 e. The highest BCUT2D eigenvalue weighted by atomic mass is 35.5. The molecular formula is C10H16ClNS. The van der Waals surface area contributed by atoms with Gasteiger partial charge in [-0.3, -0.25) is 0 Å². The fourth-order valence-corrected chi connectivity index (χ4v) is 2.61. The maximum atomic E-state index is 5.88. The molecule has 0 aromatic carbocycles. The van der Waals surface area contributed by atoms with E-state index in [9.17, 15) is 0 Å². The first kappa shape index (κ1) is 11.0. The van der Waals surface area contributed by atoms with E-state index in [1.807, 2.05) is 6.07 Å². The van der Waals surface area contributed by atoms with Crippen LogP contribution in [0.15, 0.2) is 12.1 Å². The summed E-state index contributed by atoms with van der Waals surface area (Å²) in [5.74, 6) is 1.21. The Labute approximate surface area is 88.9 Å². The number of thiophene rings is 1. The molecule has 13 heavy (non-hydrogen) atoms. The number of hydrogen-bond donors (Lipinski definition) is 1. The third-order valence-corrected chi connectivity index (χ3v) is 3.95. The largest absolute Gasteiger partial charge is 0.330 e. The third kappa shape index (κ3) is 2.97. The van der Waals surface area contributed by atoms with Gasteiger partial charge in [0.15, 0.2) is 0 Å². The minimum atomic E-state index is 0.570. The SMILES string of the molecule is CC(CCN)C(C)c1ccc(Cl)s1. The summed E-state index contributed by atoms with van der Waals surface area (Å²) in [6, 6.07) is 4.08. The molecular weight excluding hydrogens is 202 g/mol. The normalized spacial score (nSPS) is 15.7. The lowest BCUT2D eigenvalue weighted by Crippen LogP contribution is -2.11. The Morgan fingerprint density at radius 1 is 1.46 bits per heavy atom. The Bertz CT molecular complexity index is 259. The van der Waals surface area contributed by atoms with Crippen molar-refractivity contribution in [1.29, 1.82) is 0 Å². The summed E-state index contributed by atoms with van der Waals surface area (Å²) in [5.41, 5.74) is 5.53. The minimum Gasteiger partial charge on any atom is -0.330 e. The Kier molecular flexibility index (Phi) is 4.23. The zero-order valence-electron chi connectivity index (χ0n) is 8.09. The highest BCUT2D eigenvalue weighted by Gasteiger charge is 2.15. The molecule has 0 aliphatic carbocycles.